The van der Waals surface area contributed by atoms with Crippen LogP contribution in [0.3, 0.4) is 0 Å². The third kappa shape index (κ3) is 6.19. The maximum Gasteiger partial charge on any atom is 0.324 e. The number of nitrogens with zero attached hydrogens (tertiary/aromatic N) is 5. The predicted octanol–water partition coefficient (Wildman–Crippen LogP) is 1.63. The Balaban J connectivity index is 1.38. The normalized spacial score (nSPS) is 19.9. The van der Waals surface area contributed by atoms with E-state index >= 15 is 0 Å². The van der Waals surface area contributed by atoms with Crippen LogP contribution in [-0.2, 0) is 24.8 Å². The second kappa shape index (κ2) is 11.3. The van der Waals surface area contributed by atoms with Crippen LogP contribution in [0.5, 0.6) is 0 Å². The molecule has 0 bridgehead atoms. The van der Waals surface area contributed by atoms with Crippen molar-refractivity contribution in [1.82, 2.24) is 24.1 Å². The summed E-state index contributed by atoms with van der Waals surface area (Å²) in [6, 6.07) is 5.35. The quantitative estimate of drug-likeness (QED) is 0.502. The first kappa shape index (κ1) is 28.5. The number of nitrogens with one attached hydrogen (secondary N) is 1. The molecule has 2 aliphatic rings. The standard InChI is InChI=1S/C24H36N6O6S2/c1-17(2)22-25-24(36-26-22)29-14-12-28(13-15-29)23(31)19-6-5-11-30(16-19)38(34,35)21-9-7-20(8-10-21)37(32,33)27-18(3)4/h7-10,17-19,27H,5-6,11-16H2,1-4H3/t19-/m1/s1. The minimum atomic E-state index is -3.88. The molecule has 2 aliphatic heterocycles. The molecular weight excluding hydrogens is 532 g/mol. The highest BCUT2D eigenvalue weighted by molar-refractivity contribution is 7.89. The lowest BCUT2D eigenvalue weighted by Crippen LogP contribution is -2.53. The lowest BCUT2D eigenvalue weighted by atomic mass is 9.98. The highest BCUT2D eigenvalue weighted by Crippen LogP contribution is 2.27. The van der Waals surface area contributed by atoms with Crippen LogP contribution in [0.25, 0.3) is 0 Å². The molecule has 1 atom stereocenters. The molecule has 0 unspecified atom stereocenters. The summed E-state index contributed by atoms with van der Waals surface area (Å²) in [5.41, 5.74) is 0. The molecule has 2 saturated heterocycles. The Bertz CT molecular complexity index is 1330. The smallest absolute Gasteiger partial charge is 0.324 e. The van der Waals surface area contributed by atoms with Gasteiger partial charge in [0.15, 0.2) is 5.82 Å². The summed E-state index contributed by atoms with van der Waals surface area (Å²) >= 11 is 0. The highest BCUT2D eigenvalue weighted by Gasteiger charge is 2.36. The molecule has 14 heteroatoms. The molecular formula is C24H36N6O6S2. The third-order valence-electron chi connectivity index (χ3n) is 6.71. The van der Waals surface area contributed by atoms with E-state index in [2.05, 4.69) is 14.9 Å². The minimum absolute atomic E-state index is 0.00281. The van der Waals surface area contributed by atoms with Gasteiger partial charge in [-0.2, -0.15) is 9.29 Å². The number of hydrogen-bond acceptors (Lipinski definition) is 9. The molecule has 3 heterocycles. The molecule has 0 aliphatic carbocycles. The molecule has 0 radical (unpaired) electrons. The van der Waals surface area contributed by atoms with Crippen LogP contribution in [0.15, 0.2) is 38.6 Å². The first-order chi connectivity index (χ1) is 17.9. The molecule has 1 aromatic carbocycles. The van der Waals surface area contributed by atoms with E-state index in [9.17, 15) is 21.6 Å². The highest BCUT2D eigenvalue weighted by atomic mass is 32.2. The molecule has 12 nitrogen and oxygen atoms in total. The second-order valence-corrected chi connectivity index (χ2v) is 14.0. The Morgan fingerprint density at radius 2 is 1.61 bits per heavy atom. The Morgan fingerprint density at radius 3 is 2.18 bits per heavy atom. The van der Waals surface area contributed by atoms with Crippen LogP contribution < -0.4 is 9.62 Å². The molecule has 0 spiro atoms. The van der Waals surface area contributed by atoms with Crippen molar-refractivity contribution in [1.29, 1.82) is 0 Å². The van der Waals surface area contributed by atoms with Gasteiger partial charge in [0.1, 0.15) is 0 Å². The van der Waals surface area contributed by atoms with Crippen LogP contribution >= 0.6 is 0 Å². The van der Waals surface area contributed by atoms with Crippen molar-refractivity contribution in [3.05, 3.63) is 30.1 Å². The summed E-state index contributed by atoms with van der Waals surface area (Å²) in [7, 11) is -7.61. The molecule has 38 heavy (non-hydrogen) atoms. The summed E-state index contributed by atoms with van der Waals surface area (Å²) in [6.07, 6.45) is 1.19. The molecule has 210 valence electrons. The van der Waals surface area contributed by atoms with Crippen molar-refractivity contribution in [3.63, 3.8) is 0 Å². The van der Waals surface area contributed by atoms with E-state index < -0.39 is 26.0 Å². The average Bonchev–Trinajstić information content (AvgIpc) is 3.39. The van der Waals surface area contributed by atoms with Crippen LogP contribution in [0, 0.1) is 5.92 Å². The van der Waals surface area contributed by atoms with Crippen molar-refractivity contribution in [2.45, 2.75) is 62.3 Å². The topological polar surface area (TPSA) is 146 Å². The lowest BCUT2D eigenvalue weighted by molar-refractivity contribution is -0.137. The molecule has 4 rings (SSSR count). The van der Waals surface area contributed by atoms with Crippen LogP contribution in [-0.4, -0.2) is 87.4 Å². The van der Waals surface area contributed by atoms with E-state index in [-0.39, 0.29) is 34.2 Å². The van der Waals surface area contributed by atoms with E-state index in [1.54, 1.807) is 18.7 Å². The second-order valence-electron chi connectivity index (χ2n) is 10.4. The van der Waals surface area contributed by atoms with Crippen molar-refractivity contribution in [2.75, 3.05) is 44.2 Å². The van der Waals surface area contributed by atoms with Crippen molar-refractivity contribution >= 4 is 32.0 Å². The van der Waals surface area contributed by atoms with Gasteiger partial charge in [0, 0.05) is 51.2 Å². The van der Waals surface area contributed by atoms with Crippen molar-refractivity contribution < 1.29 is 26.2 Å². The van der Waals surface area contributed by atoms with Gasteiger partial charge < -0.3 is 14.3 Å². The van der Waals surface area contributed by atoms with Gasteiger partial charge in [0.05, 0.1) is 15.7 Å². The fraction of sp³-hybridized carbons (Fsp3) is 0.625. The van der Waals surface area contributed by atoms with E-state index in [0.29, 0.717) is 57.4 Å². The zero-order valence-corrected chi connectivity index (χ0v) is 23.8. The molecule has 2 fully saturated rings. The van der Waals surface area contributed by atoms with Gasteiger partial charge in [-0.05, 0) is 51.0 Å². The predicted molar refractivity (Wildman–Crippen MR) is 141 cm³/mol. The van der Waals surface area contributed by atoms with Gasteiger partial charge in [-0.1, -0.05) is 19.0 Å². The van der Waals surface area contributed by atoms with E-state index in [1.165, 1.54) is 28.6 Å². The molecule has 1 aromatic heterocycles. The Hall–Kier alpha value is -2.55. The van der Waals surface area contributed by atoms with Gasteiger partial charge >= 0.3 is 6.01 Å². The number of carbonyl (C=O) groups excluding carboxylic acids is 1. The summed E-state index contributed by atoms with van der Waals surface area (Å²) in [5, 5.41) is 4.00. The van der Waals surface area contributed by atoms with Gasteiger partial charge in [-0.25, -0.2) is 21.6 Å². The van der Waals surface area contributed by atoms with Crippen LogP contribution in [0.1, 0.15) is 52.3 Å². The Morgan fingerprint density at radius 1 is 0.974 bits per heavy atom. The molecule has 1 amide bonds. The number of hydrogen-bond donors (Lipinski definition) is 1. The summed E-state index contributed by atoms with van der Waals surface area (Å²) in [4.78, 5) is 21.5. The maximum absolute atomic E-state index is 13.3. The van der Waals surface area contributed by atoms with Crippen LogP contribution in [0.2, 0.25) is 0 Å². The third-order valence-corrected chi connectivity index (χ3v) is 10.3. The monoisotopic (exact) mass is 568 g/mol. The van der Waals surface area contributed by atoms with Gasteiger partial charge in [-0.3, -0.25) is 4.79 Å². The summed E-state index contributed by atoms with van der Waals surface area (Å²) < 4.78 is 60.6. The number of piperidine rings is 1. The Labute approximate surface area is 224 Å². The van der Waals surface area contributed by atoms with Gasteiger partial charge in [-0.15, -0.1) is 0 Å². The first-order valence-corrected chi connectivity index (χ1v) is 15.8. The molecule has 0 saturated carbocycles. The lowest BCUT2D eigenvalue weighted by Gasteiger charge is -2.38. The summed E-state index contributed by atoms with van der Waals surface area (Å²) in [5.74, 6) is 0.314. The van der Waals surface area contributed by atoms with E-state index in [1.807, 2.05) is 18.7 Å². The maximum atomic E-state index is 13.3. The number of sulfonamides is 2. The van der Waals surface area contributed by atoms with Crippen LogP contribution in [0.4, 0.5) is 6.01 Å². The molecule has 1 N–H and O–H groups in total. The van der Waals surface area contributed by atoms with E-state index in [0.717, 1.165) is 0 Å². The summed E-state index contributed by atoms with van der Waals surface area (Å²) in [6.45, 7) is 9.89. The molecule has 2 aromatic rings. The number of benzene rings is 1. The number of aromatic nitrogens is 2. The first-order valence-electron chi connectivity index (χ1n) is 12.9. The number of anilines is 1. The SMILES string of the molecule is CC(C)NS(=O)(=O)c1ccc(S(=O)(=O)N2CCC[C@@H](C(=O)N3CCN(c4nc(C(C)C)no4)CC3)C2)cc1. The largest absolute Gasteiger partial charge is 0.339 e. The minimum Gasteiger partial charge on any atom is -0.339 e. The number of piperazine rings is 1. The van der Waals surface area contributed by atoms with E-state index in [4.69, 9.17) is 4.52 Å². The van der Waals surface area contributed by atoms with Gasteiger partial charge in [0.25, 0.3) is 0 Å². The van der Waals surface area contributed by atoms with Gasteiger partial charge in [0.2, 0.25) is 26.0 Å². The fourth-order valence-corrected chi connectivity index (χ4v) is 7.42. The number of amides is 1. The van der Waals surface area contributed by atoms with Crippen molar-refractivity contribution in [2.24, 2.45) is 5.92 Å². The average molecular weight is 569 g/mol. The number of carbonyl (C=O) groups is 1. The Kier molecular flexibility index (Phi) is 8.45. The fourth-order valence-electron chi connectivity index (χ4n) is 4.65. The number of rotatable bonds is 8. The zero-order chi connectivity index (χ0) is 27.7. The van der Waals surface area contributed by atoms with Crippen molar-refractivity contribution in [3.8, 4) is 0 Å². The zero-order valence-electron chi connectivity index (χ0n) is 22.2.